The molecule has 0 aromatic heterocycles. The quantitative estimate of drug-likeness (QED) is 0.583. The summed E-state index contributed by atoms with van der Waals surface area (Å²) in [5, 5.41) is 2.88. The van der Waals surface area contributed by atoms with Gasteiger partial charge in [0.25, 0.3) is 0 Å². The molecule has 0 aliphatic heterocycles. The van der Waals surface area contributed by atoms with E-state index in [4.69, 9.17) is 0 Å². The second-order valence-corrected chi connectivity index (χ2v) is 3.32. The Bertz CT molecular complexity index is 423. The number of Topliss-reactive ketones (excluding diaryl/α,β-unsaturated/α-hetero) is 2. The van der Waals surface area contributed by atoms with Crippen molar-refractivity contribution in [2.24, 2.45) is 0 Å². The van der Waals surface area contributed by atoms with Crippen LogP contribution >= 0.6 is 0 Å². The molecule has 0 saturated heterocycles. The van der Waals surface area contributed by atoms with Crippen LogP contribution in [-0.4, -0.2) is 18.1 Å². The summed E-state index contributed by atoms with van der Waals surface area (Å²) in [6, 6.07) is 6.89. The lowest BCUT2D eigenvalue weighted by atomic mass is 10.1. The van der Waals surface area contributed by atoms with E-state index in [1.54, 1.807) is 24.3 Å². The van der Waals surface area contributed by atoms with E-state index in [9.17, 15) is 9.59 Å². The van der Waals surface area contributed by atoms with Crippen LogP contribution in [0.25, 0.3) is 0 Å². The zero-order valence-electron chi connectivity index (χ0n) is 8.41. The molecule has 0 spiro atoms. The maximum Gasteiger partial charge on any atom is 0.199 e. The predicted octanol–water partition coefficient (Wildman–Crippen LogP) is 1.56. The van der Waals surface area contributed by atoms with Gasteiger partial charge in [-0.3, -0.25) is 9.59 Å². The van der Waals surface area contributed by atoms with E-state index in [-0.39, 0.29) is 17.1 Å². The van der Waals surface area contributed by atoms with Crippen LogP contribution in [0, 0.1) is 0 Å². The molecule has 1 aliphatic carbocycles. The molecule has 0 bridgehead atoms. The van der Waals surface area contributed by atoms with Crippen LogP contribution in [0.3, 0.4) is 0 Å². The highest BCUT2D eigenvalue weighted by Crippen LogP contribution is 2.25. The molecule has 15 heavy (non-hydrogen) atoms. The maximum atomic E-state index is 11.8. The van der Waals surface area contributed by atoms with Gasteiger partial charge in [0.2, 0.25) is 0 Å². The van der Waals surface area contributed by atoms with Gasteiger partial charge in [0.05, 0.1) is 5.57 Å². The molecule has 1 aliphatic rings. The SMILES string of the molecule is CCNC=C1C(=O)c2ccccc2C1=O. The van der Waals surface area contributed by atoms with E-state index < -0.39 is 0 Å². The minimum Gasteiger partial charge on any atom is -0.390 e. The molecule has 1 aromatic rings. The summed E-state index contributed by atoms with van der Waals surface area (Å²) >= 11 is 0. The number of rotatable bonds is 2. The highest BCUT2D eigenvalue weighted by Gasteiger charge is 2.32. The average molecular weight is 201 g/mol. The Morgan fingerprint density at radius 1 is 1.13 bits per heavy atom. The van der Waals surface area contributed by atoms with Gasteiger partial charge in [-0.2, -0.15) is 0 Å². The molecule has 76 valence electrons. The Morgan fingerprint density at radius 3 is 2.13 bits per heavy atom. The van der Waals surface area contributed by atoms with Crippen LogP contribution in [-0.2, 0) is 0 Å². The van der Waals surface area contributed by atoms with E-state index in [0.717, 1.165) is 0 Å². The number of carbonyl (C=O) groups is 2. The fraction of sp³-hybridized carbons (Fsp3) is 0.167. The van der Waals surface area contributed by atoms with Crippen molar-refractivity contribution in [1.29, 1.82) is 0 Å². The minimum atomic E-state index is -0.184. The van der Waals surface area contributed by atoms with Crippen LogP contribution in [0.1, 0.15) is 27.6 Å². The molecule has 0 heterocycles. The standard InChI is InChI=1S/C12H11NO2/c1-2-13-7-10-11(14)8-5-3-4-6-9(8)12(10)15/h3-7,13H,2H2,1H3. The molecule has 1 aromatic carbocycles. The third-order valence-electron chi connectivity index (χ3n) is 2.36. The van der Waals surface area contributed by atoms with Gasteiger partial charge in [0, 0.05) is 23.9 Å². The molecule has 0 fully saturated rings. The summed E-state index contributed by atoms with van der Waals surface area (Å²) in [5.74, 6) is -0.367. The van der Waals surface area contributed by atoms with Crippen molar-refractivity contribution in [3.8, 4) is 0 Å². The van der Waals surface area contributed by atoms with Gasteiger partial charge in [-0.05, 0) is 6.92 Å². The largest absolute Gasteiger partial charge is 0.390 e. The smallest absolute Gasteiger partial charge is 0.199 e. The molecular weight excluding hydrogens is 190 g/mol. The number of fused-ring (bicyclic) bond motifs is 1. The van der Waals surface area contributed by atoms with Crippen molar-refractivity contribution >= 4 is 11.6 Å². The summed E-state index contributed by atoms with van der Waals surface area (Å²) in [5.41, 5.74) is 1.25. The molecule has 0 atom stereocenters. The Labute approximate surface area is 87.8 Å². The van der Waals surface area contributed by atoms with E-state index in [1.165, 1.54) is 6.20 Å². The van der Waals surface area contributed by atoms with E-state index in [0.29, 0.717) is 17.7 Å². The molecular formula is C12H11NO2. The van der Waals surface area contributed by atoms with Crippen molar-refractivity contribution in [2.45, 2.75) is 6.92 Å². The lowest BCUT2D eigenvalue weighted by molar-refractivity contribution is 0.0988. The second kappa shape index (κ2) is 3.69. The summed E-state index contributed by atoms with van der Waals surface area (Å²) in [4.78, 5) is 23.6. The van der Waals surface area contributed by atoms with Crippen LogP contribution in [0.4, 0.5) is 0 Å². The first-order valence-electron chi connectivity index (χ1n) is 4.87. The Kier molecular flexibility index (Phi) is 2.37. The molecule has 0 amide bonds. The van der Waals surface area contributed by atoms with Gasteiger partial charge in [0.1, 0.15) is 0 Å². The van der Waals surface area contributed by atoms with Gasteiger partial charge in [-0.1, -0.05) is 24.3 Å². The first-order chi connectivity index (χ1) is 7.25. The normalized spacial score (nSPS) is 14.1. The number of hydrogen-bond donors (Lipinski definition) is 1. The lowest BCUT2D eigenvalue weighted by Gasteiger charge is -1.95. The number of carbonyl (C=O) groups excluding carboxylic acids is 2. The Balaban J connectivity index is 2.46. The Hall–Kier alpha value is -1.90. The zero-order valence-corrected chi connectivity index (χ0v) is 8.41. The number of nitrogens with one attached hydrogen (secondary N) is 1. The zero-order chi connectivity index (χ0) is 10.8. The van der Waals surface area contributed by atoms with Crippen molar-refractivity contribution in [1.82, 2.24) is 5.32 Å². The van der Waals surface area contributed by atoms with Gasteiger partial charge < -0.3 is 5.32 Å². The third kappa shape index (κ3) is 1.46. The van der Waals surface area contributed by atoms with Crippen molar-refractivity contribution < 1.29 is 9.59 Å². The van der Waals surface area contributed by atoms with Crippen LogP contribution in [0.2, 0.25) is 0 Å². The van der Waals surface area contributed by atoms with E-state index in [1.807, 2.05) is 6.92 Å². The summed E-state index contributed by atoms with van der Waals surface area (Å²) in [7, 11) is 0. The van der Waals surface area contributed by atoms with Crippen LogP contribution in [0.15, 0.2) is 36.0 Å². The van der Waals surface area contributed by atoms with E-state index >= 15 is 0 Å². The Morgan fingerprint density at radius 2 is 1.67 bits per heavy atom. The second-order valence-electron chi connectivity index (χ2n) is 3.32. The molecule has 0 saturated carbocycles. The topological polar surface area (TPSA) is 46.2 Å². The summed E-state index contributed by atoms with van der Waals surface area (Å²) in [6.07, 6.45) is 1.50. The third-order valence-corrected chi connectivity index (χ3v) is 2.36. The molecule has 1 N–H and O–H groups in total. The maximum absolute atomic E-state index is 11.8. The van der Waals surface area contributed by atoms with Crippen LogP contribution < -0.4 is 5.32 Å². The van der Waals surface area contributed by atoms with E-state index in [2.05, 4.69) is 5.32 Å². The van der Waals surface area contributed by atoms with Crippen molar-refractivity contribution in [3.63, 3.8) is 0 Å². The van der Waals surface area contributed by atoms with Gasteiger partial charge >= 0.3 is 0 Å². The molecule has 3 heteroatoms. The molecule has 3 nitrogen and oxygen atoms in total. The first-order valence-corrected chi connectivity index (χ1v) is 4.87. The van der Waals surface area contributed by atoms with Gasteiger partial charge in [-0.15, -0.1) is 0 Å². The number of hydrogen-bond acceptors (Lipinski definition) is 3. The molecule has 0 unspecified atom stereocenters. The number of ketones is 2. The molecule has 2 rings (SSSR count). The predicted molar refractivity (Wildman–Crippen MR) is 56.9 cm³/mol. The number of benzene rings is 1. The molecule has 0 radical (unpaired) electrons. The summed E-state index contributed by atoms with van der Waals surface area (Å²) in [6.45, 7) is 2.61. The highest BCUT2D eigenvalue weighted by molar-refractivity contribution is 6.39. The lowest BCUT2D eigenvalue weighted by Crippen LogP contribution is -2.09. The van der Waals surface area contributed by atoms with Crippen molar-refractivity contribution in [2.75, 3.05) is 6.54 Å². The van der Waals surface area contributed by atoms with Crippen molar-refractivity contribution in [3.05, 3.63) is 47.2 Å². The minimum absolute atomic E-state index is 0.184. The van der Waals surface area contributed by atoms with Crippen LogP contribution in [0.5, 0.6) is 0 Å². The average Bonchev–Trinajstić information content (AvgIpc) is 2.51. The van der Waals surface area contributed by atoms with Gasteiger partial charge in [0.15, 0.2) is 11.6 Å². The fourth-order valence-corrected chi connectivity index (χ4v) is 1.61. The fourth-order valence-electron chi connectivity index (χ4n) is 1.61. The highest BCUT2D eigenvalue weighted by atomic mass is 16.2. The first kappa shape index (κ1) is 9.65. The van der Waals surface area contributed by atoms with Gasteiger partial charge in [-0.25, -0.2) is 0 Å². The monoisotopic (exact) mass is 201 g/mol. The number of allylic oxidation sites excluding steroid dienone is 1. The summed E-state index contributed by atoms with van der Waals surface area (Å²) < 4.78 is 0.